The van der Waals surface area contributed by atoms with Crippen molar-refractivity contribution in [2.24, 2.45) is 0 Å². The molecule has 0 radical (unpaired) electrons. The van der Waals surface area contributed by atoms with Gasteiger partial charge in [-0.15, -0.1) is 11.3 Å². The van der Waals surface area contributed by atoms with Crippen LogP contribution in [0.4, 0.5) is 32.0 Å². The van der Waals surface area contributed by atoms with Crippen molar-refractivity contribution in [1.82, 2.24) is 4.98 Å². The van der Waals surface area contributed by atoms with Crippen LogP contribution < -0.4 is 4.90 Å². The minimum absolute atomic E-state index is 0.0419. The van der Waals surface area contributed by atoms with Crippen LogP contribution in [0, 0.1) is 6.92 Å². The van der Waals surface area contributed by atoms with Crippen LogP contribution in [0.2, 0.25) is 0 Å². The van der Waals surface area contributed by atoms with Crippen LogP contribution in [0.25, 0.3) is 21.7 Å². The third kappa shape index (κ3) is 6.22. The molecule has 1 amide bonds. The first-order chi connectivity index (χ1) is 19.4. The summed E-state index contributed by atoms with van der Waals surface area (Å²) in [5, 5.41) is 9.95. The van der Waals surface area contributed by atoms with Crippen molar-refractivity contribution in [3.8, 4) is 21.7 Å². The first-order valence-corrected chi connectivity index (χ1v) is 13.6. The Labute approximate surface area is 243 Å². The largest absolute Gasteiger partial charge is 0.416 e. The molecule has 0 saturated heterocycles. The SMILES string of the molecule is Cc1ccccc1-c1cc(-c2ccc(C(C)O)s2)ncc1N(C)C(=O)C(C)(C)c1cc(C(F)(F)F)cc(C(F)(F)F)c1. The van der Waals surface area contributed by atoms with Crippen LogP contribution in [0.3, 0.4) is 0 Å². The van der Waals surface area contributed by atoms with Gasteiger partial charge in [-0.25, -0.2) is 0 Å². The van der Waals surface area contributed by atoms with Gasteiger partial charge < -0.3 is 10.0 Å². The fourth-order valence-electron chi connectivity index (χ4n) is 4.62. The van der Waals surface area contributed by atoms with Crippen LogP contribution >= 0.6 is 11.3 Å². The Morgan fingerprint density at radius 3 is 1.98 bits per heavy atom. The third-order valence-corrected chi connectivity index (χ3v) is 8.40. The van der Waals surface area contributed by atoms with Gasteiger partial charge in [0, 0.05) is 17.5 Å². The predicted molar refractivity (Wildman–Crippen MR) is 151 cm³/mol. The fourth-order valence-corrected chi connectivity index (χ4v) is 5.54. The maximum atomic E-state index is 13.9. The number of carbonyl (C=O) groups excluding carboxylic acids is 1. The summed E-state index contributed by atoms with van der Waals surface area (Å²) in [6.07, 6.45) is -9.30. The van der Waals surface area contributed by atoms with Crippen molar-refractivity contribution in [3.05, 3.63) is 94.0 Å². The number of hydrogen-bond acceptors (Lipinski definition) is 4. The molecule has 2 heterocycles. The summed E-state index contributed by atoms with van der Waals surface area (Å²) in [7, 11) is 1.41. The number of likely N-dealkylation sites (N-methyl/N-ethyl adjacent to an activating group) is 1. The summed E-state index contributed by atoms with van der Waals surface area (Å²) in [6.45, 7) is 6.11. The number of anilines is 1. The Kier molecular flexibility index (Phi) is 8.32. The summed E-state index contributed by atoms with van der Waals surface area (Å²) in [5.41, 5.74) is -2.06. The molecule has 1 atom stereocenters. The number of alkyl halides is 6. The number of thiophene rings is 1. The molecule has 4 nitrogen and oxygen atoms in total. The summed E-state index contributed by atoms with van der Waals surface area (Å²) in [4.78, 5) is 21.1. The summed E-state index contributed by atoms with van der Waals surface area (Å²) >= 11 is 1.35. The van der Waals surface area contributed by atoms with Gasteiger partial charge >= 0.3 is 12.4 Å². The first kappa shape index (κ1) is 31.2. The zero-order valence-corrected chi connectivity index (χ0v) is 24.2. The Balaban J connectivity index is 1.84. The van der Waals surface area contributed by atoms with Crippen LogP contribution in [-0.4, -0.2) is 23.0 Å². The van der Waals surface area contributed by atoms with E-state index >= 15 is 0 Å². The Morgan fingerprint density at radius 2 is 1.45 bits per heavy atom. The molecule has 0 aliphatic heterocycles. The molecule has 0 fully saturated rings. The zero-order valence-electron chi connectivity index (χ0n) is 23.4. The van der Waals surface area contributed by atoms with Gasteiger partial charge in [0.05, 0.1) is 45.1 Å². The van der Waals surface area contributed by atoms with E-state index in [4.69, 9.17) is 0 Å². The molecule has 2 aromatic carbocycles. The second-order valence-electron chi connectivity index (χ2n) is 10.6. The number of rotatable bonds is 6. The van der Waals surface area contributed by atoms with E-state index in [1.54, 1.807) is 19.1 Å². The van der Waals surface area contributed by atoms with Gasteiger partial charge in [-0.1, -0.05) is 24.3 Å². The number of benzene rings is 2. The molecule has 0 bridgehead atoms. The van der Waals surface area contributed by atoms with E-state index in [1.807, 2.05) is 37.3 Å². The van der Waals surface area contributed by atoms with Gasteiger partial charge in [0.25, 0.3) is 0 Å². The molecule has 222 valence electrons. The lowest BCUT2D eigenvalue weighted by Gasteiger charge is -2.32. The van der Waals surface area contributed by atoms with E-state index in [0.717, 1.165) is 20.9 Å². The molecular weight excluding hydrogens is 578 g/mol. The Morgan fingerprint density at radius 1 is 0.881 bits per heavy atom. The van der Waals surface area contributed by atoms with E-state index < -0.39 is 46.5 Å². The normalized spacial score (nSPS) is 13.2. The highest BCUT2D eigenvalue weighted by Gasteiger charge is 2.41. The van der Waals surface area contributed by atoms with Crippen molar-refractivity contribution in [3.63, 3.8) is 0 Å². The maximum Gasteiger partial charge on any atom is 0.416 e. The number of aryl methyl sites for hydroxylation is 1. The van der Waals surface area contributed by atoms with Crippen molar-refractivity contribution >= 4 is 22.9 Å². The number of aromatic nitrogens is 1. The van der Waals surface area contributed by atoms with Crippen LogP contribution in [0.15, 0.2) is 66.9 Å². The van der Waals surface area contributed by atoms with Gasteiger partial charge in [0.15, 0.2) is 0 Å². The highest BCUT2D eigenvalue weighted by atomic mass is 32.1. The maximum absolute atomic E-state index is 13.9. The van der Waals surface area contributed by atoms with Crippen molar-refractivity contribution < 1.29 is 36.2 Å². The lowest BCUT2D eigenvalue weighted by atomic mass is 9.81. The van der Waals surface area contributed by atoms with Crippen molar-refractivity contribution in [2.45, 2.75) is 51.6 Å². The zero-order chi connectivity index (χ0) is 31.2. The predicted octanol–water partition coefficient (Wildman–Crippen LogP) is 8.82. The number of carbonyl (C=O) groups is 1. The molecule has 11 heteroatoms. The van der Waals surface area contributed by atoms with Gasteiger partial charge in [0.2, 0.25) is 5.91 Å². The number of hydrogen-bond donors (Lipinski definition) is 1. The Hall–Kier alpha value is -3.70. The number of amides is 1. The minimum atomic E-state index is -5.05. The lowest BCUT2D eigenvalue weighted by Crippen LogP contribution is -2.42. The van der Waals surface area contributed by atoms with Gasteiger partial charge in [-0.3, -0.25) is 9.78 Å². The van der Waals surface area contributed by atoms with Gasteiger partial charge in [-0.2, -0.15) is 26.3 Å². The molecule has 0 aliphatic rings. The lowest BCUT2D eigenvalue weighted by molar-refractivity contribution is -0.143. The average Bonchev–Trinajstić information content (AvgIpc) is 3.42. The Bertz CT molecular complexity index is 1590. The summed E-state index contributed by atoms with van der Waals surface area (Å²) in [5.74, 6) is -0.730. The number of halogens is 6. The molecule has 0 saturated carbocycles. The second kappa shape index (κ2) is 11.2. The topological polar surface area (TPSA) is 53.4 Å². The summed E-state index contributed by atoms with van der Waals surface area (Å²) < 4.78 is 81.4. The third-order valence-electron chi connectivity index (χ3n) is 7.12. The van der Waals surface area contributed by atoms with Crippen LogP contribution in [0.1, 0.15) is 54.0 Å². The van der Waals surface area contributed by atoms with E-state index in [2.05, 4.69) is 4.98 Å². The molecule has 0 spiro atoms. The average molecular weight is 607 g/mol. The minimum Gasteiger partial charge on any atom is -0.388 e. The van der Waals surface area contributed by atoms with Gasteiger partial charge in [-0.05, 0) is 80.8 Å². The van der Waals surface area contributed by atoms with Gasteiger partial charge in [0.1, 0.15) is 0 Å². The monoisotopic (exact) mass is 606 g/mol. The second-order valence-corrected chi connectivity index (χ2v) is 11.7. The number of aliphatic hydroxyl groups is 1. The highest BCUT2D eigenvalue weighted by Crippen LogP contribution is 2.42. The fraction of sp³-hybridized carbons (Fsp3) is 0.290. The van der Waals surface area contributed by atoms with E-state index in [1.165, 1.54) is 43.3 Å². The van der Waals surface area contributed by atoms with Crippen molar-refractivity contribution in [2.75, 3.05) is 11.9 Å². The van der Waals surface area contributed by atoms with E-state index in [0.29, 0.717) is 29.1 Å². The molecule has 42 heavy (non-hydrogen) atoms. The summed E-state index contributed by atoms with van der Waals surface area (Å²) in [6, 6.07) is 14.0. The molecular formula is C31H28F6N2O2S. The smallest absolute Gasteiger partial charge is 0.388 e. The quantitative estimate of drug-likeness (QED) is 0.223. The highest BCUT2D eigenvalue weighted by molar-refractivity contribution is 7.15. The van der Waals surface area contributed by atoms with Crippen LogP contribution in [-0.2, 0) is 22.6 Å². The molecule has 4 rings (SSSR count). The molecule has 2 aromatic heterocycles. The number of nitrogens with zero attached hydrogens (tertiary/aromatic N) is 2. The van der Waals surface area contributed by atoms with Crippen LogP contribution in [0.5, 0.6) is 0 Å². The number of pyridine rings is 1. The molecule has 1 N–H and O–H groups in total. The standard InChI is InChI=1S/C31H28F6N2O2S/c1-17-8-6-7-9-22(17)23-15-24(27-11-10-26(42-27)18(2)40)38-16-25(23)39(5)28(41)29(3,4)19-12-20(30(32,33)34)14-21(13-19)31(35,36)37/h6-16,18,40H,1-5H3. The first-order valence-electron chi connectivity index (χ1n) is 12.8. The van der Waals surface area contributed by atoms with E-state index in [9.17, 15) is 36.2 Å². The molecule has 0 aliphatic carbocycles. The number of aliphatic hydroxyl groups excluding tert-OH is 1. The molecule has 4 aromatic rings. The molecule has 1 unspecified atom stereocenters. The van der Waals surface area contributed by atoms with E-state index in [-0.39, 0.29) is 6.07 Å². The van der Waals surface area contributed by atoms with Crippen molar-refractivity contribution in [1.29, 1.82) is 0 Å².